The standard InChI is InChI=1S/C18H24O2/c1-12(2)15-9-4-5-10-18(15,19)16-11-14-8-6-7-13(3)17(14)20-16/h6-8,11-12,15,19H,4-5,9-10H2,1-3H3. The van der Waals surface area contributed by atoms with Crippen LogP contribution in [0.3, 0.4) is 0 Å². The molecule has 2 aromatic rings. The van der Waals surface area contributed by atoms with Crippen LogP contribution in [0.4, 0.5) is 0 Å². The maximum Gasteiger partial charge on any atom is 0.137 e. The van der Waals surface area contributed by atoms with E-state index < -0.39 is 5.60 Å². The molecule has 2 nitrogen and oxygen atoms in total. The lowest BCUT2D eigenvalue weighted by Crippen LogP contribution is -2.40. The fourth-order valence-corrected chi connectivity index (χ4v) is 3.80. The van der Waals surface area contributed by atoms with E-state index in [-0.39, 0.29) is 5.92 Å². The van der Waals surface area contributed by atoms with E-state index in [1.165, 1.54) is 6.42 Å². The van der Waals surface area contributed by atoms with Crippen LogP contribution in [0.1, 0.15) is 50.9 Å². The second kappa shape index (κ2) is 4.92. The summed E-state index contributed by atoms with van der Waals surface area (Å²) in [4.78, 5) is 0. The van der Waals surface area contributed by atoms with E-state index in [0.717, 1.165) is 41.6 Å². The molecule has 2 atom stereocenters. The Morgan fingerprint density at radius 3 is 2.80 bits per heavy atom. The molecule has 0 aliphatic heterocycles. The van der Waals surface area contributed by atoms with Crippen molar-refractivity contribution >= 4 is 11.0 Å². The monoisotopic (exact) mass is 272 g/mol. The van der Waals surface area contributed by atoms with E-state index in [9.17, 15) is 5.11 Å². The van der Waals surface area contributed by atoms with E-state index in [0.29, 0.717) is 5.92 Å². The van der Waals surface area contributed by atoms with Crippen molar-refractivity contribution in [1.82, 2.24) is 0 Å². The van der Waals surface area contributed by atoms with Crippen LogP contribution in [-0.2, 0) is 5.60 Å². The van der Waals surface area contributed by atoms with E-state index in [2.05, 4.69) is 32.9 Å². The van der Waals surface area contributed by atoms with Gasteiger partial charge in [-0.1, -0.05) is 44.9 Å². The number of furan rings is 1. The Morgan fingerprint density at radius 2 is 2.10 bits per heavy atom. The zero-order valence-electron chi connectivity index (χ0n) is 12.6. The van der Waals surface area contributed by atoms with Crippen LogP contribution < -0.4 is 0 Å². The maximum atomic E-state index is 11.3. The topological polar surface area (TPSA) is 33.4 Å². The summed E-state index contributed by atoms with van der Waals surface area (Å²) in [5.41, 5.74) is 1.26. The van der Waals surface area contributed by atoms with Crippen molar-refractivity contribution < 1.29 is 9.52 Å². The van der Waals surface area contributed by atoms with Crippen LogP contribution in [0.5, 0.6) is 0 Å². The Hall–Kier alpha value is -1.28. The van der Waals surface area contributed by atoms with Crippen LogP contribution >= 0.6 is 0 Å². The van der Waals surface area contributed by atoms with Gasteiger partial charge in [-0.25, -0.2) is 0 Å². The fraction of sp³-hybridized carbons (Fsp3) is 0.556. The molecule has 20 heavy (non-hydrogen) atoms. The Morgan fingerprint density at radius 1 is 1.30 bits per heavy atom. The van der Waals surface area contributed by atoms with Crippen LogP contribution in [0.25, 0.3) is 11.0 Å². The highest BCUT2D eigenvalue weighted by Crippen LogP contribution is 2.46. The van der Waals surface area contributed by atoms with Gasteiger partial charge in [0.15, 0.2) is 0 Å². The number of fused-ring (bicyclic) bond motifs is 1. The molecule has 3 rings (SSSR count). The first-order valence-electron chi connectivity index (χ1n) is 7.74. The molecule has 2 heteroatoms. The third-order valence-corrected chi connectivity index (χ3v) is 4.91. The first-order chi connectivity index (χ1) is 9.52. The van der Waals surface area contributed by atoms with E-state index in [1.54, 1.807) is 0 Å². The van der Waals surface area contributed by atoms with Gasteiger partial charge in [0.1, 0.15) is 16.9 Å². The highest BCUT2D eigenvalue weighted by molar-refractivity contribution is 5.81. The molecule has 0 radical (unpaired) electrons. The van der Waals surface area contributed by atoms with Gasteiger partial charge >= 0.3 is 0 Å². The van der Waals surface area contributed by atoms with Crippen molar-refractivity contribution in [1.29, 1.82) is 0 Å². The van der Waals surface area contributed by atoms with Crippen LogP contribution in [0.15, 0.2) is 28.7 Å². The molecule has 108 valence electrons. The lowest BCUT2D eigenvalue weighted by molar-refractivity contribution is -0.0862. The van der Waals surface area contributed by atoms with Gasteiger partial charge in [-0.15, -0.1) is 0 Å². The van der Waals surface area contributed by atoms with E-state index in [1.807, 2.05) is 12.1 Å². The molecule has 1 saturated carbocycles. The summed E-state index contributed by atoms with van der Waals surface area (Å²) in [5, 5.41) is 12.4. The summed E-state index contributed by atoms with van der Waals surface area (Å²) in [6.45, 7) is 6.46. The minimum atomic E-state index is -0.794. The Kier molecular flexibility index (Phi) is 3.37. The number of hydrogen-bond acceptors (Lipinski definition) is 2. The highest BCUT2D eigenvalue weighted by Gasteiger charge is 2.44. The summed E-state index contributed by atoms with van der Waals surface area (Å²) in [5.74, 6) is 1.52. The molecule has 2 unspecified atom stereocenters. The average Bonchev–Trinajstić information content (AvgIpc) is 2.85. The highest BCUT2D eigenvalue weighted by atomic mass is 16.4. The Balaban J connectivity index is 2.09. The second-order valence-electron chi connectivity index (χ2n) is 6.62. The normalized spacial score (nSPS) is 27.4. The zero-order valence-corrected chi connectivity index (χ0v) is 12.6. The van der Waals surface area contributed by atoms with Gasteiger partial charge in [-0.05, 0) is 43.2 Å². The fourth-order valence-electron chi connectivity index (χ4n) is 3.80. The molecule has 1 fully saturated rings. The molecule has 0 amide bonds. The largest absolute Gasteiger partial charge is 0.458 e. The zero-order chi connectivity index (χ0) is 14.3. The maximum absolute atomic E-state index is 11.3. The summed E-state index contributed by atoms with van der Waals surface area (Å²) < 4.78 is 6.07. The quantitative estimate of drug-likeness (QED) is 0.854. The molecule has 1 aromatic carbocycles. The smallest absolute Gasteiger partial charge is 0.137 e. The van der Waals surface area contributed by atoms with Gasteiger partial charge in [0.25, 0.3) is 0 Å². The Bertz CT molecular complexity index is 611. The first-order valence-corrected chi connectivity index (χ1v) is 7.74. The summed E-state index contributed by atoms with van der Waals surface area (Å²) >= 11 is 0. The van der Waals surface area contributed by atoms with Crippen LogP contribution in [0, 0.1) is 18.8 Å². The minimum Gasteiger partial charge on any atom is -0.458 e. The minimum absolute atomic E-state index is 0.289. The summed E-state index contributed by atoms with van der Waals surface area (Å²) in [6.07, 6.45) is 4.19. The van der Waals surface area contributed by atoms with Crippen molar-refractivity contribution in [3.63, 3.8) is 0 Å². The lowest BCUT2D eigenvalue weighted by Gasteiger charge is -2.40. The van der Waals surface area contributed by atoms with Gasteiger partial charge < -0.3 is 9.52 Å². The first kappa shape index (κ1) is 13.7. The van der Waals surface area contributed by atoms with Crippen molar-refractivity contribution in [2.24, 2.45) is 11.8 Å². The van der Waals surface area contributed by atoms with Crippen LogP contribution in [0.2, 0.25) is 0 Å². The molecule has 1 N–H and O–H groups in total. The van der Waals surface area contributed by atoms with Gasteiger partial charge in [-0.3, -0.25) is 0 Å². The number of hydrogen-bond donors (Lipinski definition) is 1. The molecule has 0 bridgehead atoms. The van der Waals surface area contributed by atoms with Crippen LogP contribution in [-0.4, -0.2) is 5.11 Å². The number of aryl methyl sites for hydroxylation is 1. The van der Waals surface area contributed by atoms with Crippen molar-refractivity contribution in [3.05, 3.63) is 35.6 Å². The predicted octanol–water partition coefficient (Wildman–Crippen LogP) is 4.78. The Labute approximate surface area is 120 Å². The molecule has 1 aromatic heterocycles. The SMILES string of the molecule is Cc1cccc2cc(C3(O)CCCCC3C(C)C)oc12. The molecule has 0 saturated heterocycles. The molecular weight excluding hydrogens is 248 g/mol. The van der Waals surface area contributed by atoms with Gasteiger partial charge in [-0.2, -0.15) is 0 Å². The number of rotatable bonds is 2. The van der Waals surface area contributed by atoms with Crippen molar-refractivity contribution in [2.75, 3.05) is 0 Å². The lowest BCUT2D eigenvalue weighted by atomic mass is 9.69. The van der Waals surface area contributed by atoms with Crippen molar-refractivity contribution in [2.45, 2.75) is 52.1 Å². The molecule has 0 spiro atoms. The summed E-state index contributed by atoms with van der Waals surface area (Å²) in [7, 11) is 0. The van der Waals surface area contributed by atoms with Crippen molar-refractivity contribution in [3.8, 4) is 0 Å². The predicted molar refractivity (Wildman–Crippen MR) is 81.6 cm³/mol. The molecule has 1 aliphatic rings. The average molecular weight is 272 g/mol. The summed E-state index contributed by atoms with van der Waals surface area (Å²) in [6, 6.07) is 8.21. The third-order valence-electron chi connectivity index (χ3n) is 4.91. The number of benzene rings is 1. The van der Waals surface area contributed by atoms with Gasteiger partial charge in [0.05, 0.1) is 0 Å². The number of para-hydroxylation sites is 1. The number of aliphatic hydroxyl groups is 1. The molecular formula is C18H24O2. The second-order valence-corrected chi connectivity index (χ2v) is 6.62. The molecule has 1 heterocycles. The van der Waals surface area contributed by atoms with Gasteiger partial charge in [0.2, 0.25) is 0 Å². The van der Waals surface area contributed by atoms with Gasteiger partial charge in [0, 0.05) is 5.39 Å². The third kappa shape index (κ3) is 2.07. The van der Waals surface area contributed by atoms with E-state index in [4.69, 9.17) is 4.42 Å². The van der Waals surface area contributed by atoms with E-state index >= 15 is 0 Å². The molecule has 1 aliphatic carbocycles.